The number of fused-ring (bicyclic) bond motifs is 2. The monoisotopic (exact) mass is 596 g/mol. The van der Waals surface area contributed by atoms with Gasteiger partial charge in [0.2, 0.25) is 0 Å². The summed E-state index contributed by atoms with van der Waals surface area (Å²) in [6.45, 7) is 2.31. The van der Waals surface area contributed by atoms with Crippen molar-refractivity contribution in [1.82, 2.24) is 0 Å². The lowest BCUT2D eigenvalue weighted by Gasteiger charge is -2.43. The van der Waals surface area contributed by atoms with Gasteiger partial charge >= 0.3 is 0 Å². The van der Waals surface area contributed by atoms with Crippen LogP contribution in [-0.4, -0.2) is 0 Å². The molecule has 0 fully saturated rings. The zero-order chi connectivity index (χ0) is 31.2. The van der Waals surface area contributed by atoms with E-state index < -0.39 is 10.8 Å². The first-order valence-corrected chi connectivity index (χ1v) is 16.6. The van der Waals surface area contributed by atoms with E-state index in [0.717, 1.165) is 0 Å². The molecular weight excluding hydrogens is 565 g/mol. The fourth-order valence-electron chi connectivity index (χ4n) is 9.40. The number of benzene rings is 8. The number of hydrogen-bond donors (Lipinski definition) is 0. The Labute approximate surface area is 275 Å². The summed E-state index contributed by atoms with van der Waals surface area (Å²) in [5.41, 5.74) is 13.8. The van der Waals surface area contributed by atoms with Gasteiger partial charge in [-0.2, -0.15) is 0 Å². The molecule has 0 atom stereocenters. The Bertz CT molecular complexity index is 2410. The average molecular weight is 597 g/mol. The highest BCUT2D eigenvalue weighted by molar-refractivity contribution is 6.15. The minimum atomic E-state index is -0.533. The van der Waals surface area contributed by atoms with E-state index in [9.17, 15) is 0 Å². The van der Waals surface area contributed by atoms with Crippen LogP contribution >= 0.6 is 0 Å². The Morgan fingerprint density at radius 2 is 0.830 bits per heavy atom. The maximum atomic E-state index is 2.52. The molecule has 47 heavy (non-hydrogen) atoms. The SMILES string of the molecule is Cc1cc2c3c4c(cccc14)C(c1ccccc1)(c1ccccc1)c1c-3c(cc3ccccc13)C2(c1ccccc1)c1ccccc1. The van der Waals surface area contributed by atoms with Crippen LogP contribution < -0.4 is 0 Å². The second kappa shape index (κ2) is 9.64. The van der Waals surface area contributed by atoms with Crippen molar-refractivity contribution in [2.24, 2.45) is 0 Å². The minimum Gasteiger partial charge on any atom is -0.0622 e. The molecule has 0 amide bonds. The van der Waals surface area contributed by atoms with E-state index in [-0.39, 0.29) is 0 Å². The highest BCUT2D eigenvalue weighted by Gasteiger charge is 2.54. The van der Waals surface area contributed by atoms with Crippen molar-refractivity contribution < 1.29 is 0 Å². The van der Waals surface area contributed by atoms with E-state index >= 15 is 0 Å². The van der Waals surface area contributed by atoms with Crippen LogP contribution in [0.15, 0.2) is 176 Å². The topological polar surface area (TPSA) is 0 Å². The van der Waals surface area contributed by atoms with Crippen molar-refractivity contribution in [1.29, 1.82) is 0 Å². The third-order valence-corrected chi connectivity index (χ3v) is 11.1. The molecule has 0 bridgehead atoms. The molecule has 0 nitrogen and oxygen atoms in total. The van der Waals surface area contributed by atoms with Crippen molar-refractivity contribution >= 4 is 21.5 Å². The van der Waals surface area contributed by atoms with Gasteiger partial charge in [-0.25, -0.2) is 0 Å². The third kappa shape index (κ3) is 3.23. The van der Waals surface area contributed by atoms with Crippen LogP contribution in [-0.2, 0) is 10.8 Å². The van der Waals surface area contributed by atoms with Crippen molar-refractivity contribution in [3.05, 3.63) is 226 Å². The first-order valence-electron chi connectivity index (χ1n) is 16.6. The van der Waals surface area contributed by atoms with Gasteiger partial charge in [-0.1, -0.05) is 170 Å². The van der Waals surface area contributed by atoms with Crippen LogP contribution in [0.4, 0.5) is 0 Å². The van der Waals surface area contributed by atoms with E-state index in [1.54, 1.807) is 0 Å². The fourth-order valence-corrected chi connectivity index (χ4v) is 9.40. The summed E-state index contributed by atoms with van der Waals surface area (Å²) in [5, 5.41) is 5.30. The molecule has 0 aliphatic heterocycles. The Hall–Kier alpha value is -5.72. The van der Waals surface area contributed by atoms with Crippen molar-refractivity contribution in [3.63, 3.8) is 0 Å². The van der Waals surface area contributed by atoms with Gasteiger partial charge in [-0.05, 0) is 95.7 Å². The van der Waals surface area contributed by atoms with Gasteiger partial charge in [-0.15, -0.1) is 0 Å². The van der Waals surface area contributed by atoms with Crippen LogP contribution in [0, 0.1) is 6.92 Å². The molecule has 8 aromatic carbocycles. The summed E-state index contributed by atoms with van der Waals surface area (Å²) in [5.74, 6) is 0. The molecule has 2 aliphatic rings. The van der Waals surface area contributed by atoms with E-state index in [1.165, 1.54) is 82.7 Å². The first-order chi connectivity index (χ1) is 23.3. The normalized spacial score (nSPS) is 14.8. The summed E-state index contributed by atoms with van der Waals surface area (Å²) in [7, 11) is 0. The number of hydrogen-bond acceptors (Lipinski definition) is 0. The van der Waals surface area contributed by atoms with E-state index in [2.05, 4.69) is 183 Å². The molecule has 220 valence electrons. The molecule has 0 heterocycles. The maximum Gasteiger partial charge on any atom is 0.0719 e. The molecule has 0 saturated carbocycles. The summed E-state index contributed by atoms with van der Waals surface area (Å²) in [6.07, 6.45) is 0. The van der Waals surface area contributed by atoms with Crippen LogP contribution in [0.3, 0.4) is 0 Å². The Kier molecular flexibility index (Phi) is 5.44. The molecule has 0 N–H and O–H groups in total. The lowest BCUT2D eigenvalue weighted by molar-refractivity contribution is 0.751. The molecule has 0 aromatic heterocycles. The first kappa shape index (κ1) is 26.5. The highest BCUT2D eigenvalue weighted by Crippen LogP contribution is 2.66. The lowest BCUT2D eigenvalue weighted by Crippen LogP contribution is -2.34. The van der Waals surface area contributed by atoms with Gasteiger partial charge in [0.15, 0.2) is 0 Å². The standard InChI is InChI=1S/C47H32/c1-31-29-40-43-42-37(31)27-16-28-39(42)47(35-22-10-4-11-23-35,36-24-12-5-13-25-36)45-38-26-15-14-17-32(38)30-41(44(43)45)46(40,33-18-6-2-7-19-33)34-20-8-3-9-21-34/h2-30H,1H3. The quantitative estimate of drug-likeness (QED) is 0.190. The summed E-state index contributed by atoms with van der Waals surface area (Å²) >= 11 is 0. The van der Waals surface area contributed by atoms with Gasteiger partial charge in [0.25, 0.3) is 0 Å². The molecule has 0 radical (unpaired) electrons. The zero-order valence-corrected chi connectivity index (χ0v) is 26.2. The summed E-state index contributed by atoms with van der Waals surface area (Å²) < 4.78 is 0. The van der Waals surface area contributed by atoms with E-state index in [0.29, 0.717) is 0 Å². The molecule has 0 unspecified atom stereocenters. The third-order valence-electron chi connectivity index (χ3n) is 11.1. The van der Waals surface area contributed by atoms with Gasteiger partial charge in [0, 0.05) is 0 Å². The van der Waals surface area contributed by atoms with Crippen LogP contribution in [0.25, 0.3) is 32.7 Å². The second-order valence-corrected chi connectivity index (χ2v) is 13.2. The second-order valence-electron chi connectivity index (χ2n) is 13.2. The molecule has 2 aliphatic carbocycles. The number of aryl methyl sites for hydroxylation is 1. The van der Waals surface area contributed by atoms with E-state index in [1.807, 2.05) is 0 Å². The Morgan fingerprint density at radius 1 is 0.362 bits per heavy atom. The van der Waals surface area contributed by atoms with Crippen molar-refractivity contribution in [3.8, 4) is 11.1 Å². The predicted octanol–water partition coefficient (Wildman–Crippen LogP) is 11.4. The van der Waals surface area contributed by atoms with Gasteiger partial charge in [0.05, 0.1) is 10.8 Å². The molecule has 10 rings (SSSR count). The highest BCUT2D eigenvalue weighted by atomic mass is 14.6. The smallest absolute Gasteiger partial charge is 0.0622 e. The molecule has 0 heteroatoms. The number of rotatable bonds is 4. The van der Waals surface area contributed by atoms with Crippen LogP contribution in [0.2, 0.25) is 0 Å². The Morgan fingerprint density at radius 3 is 1.40 bits per heavy atom. The fraction of sp³-hybridized carbons (Fsp3) is 0.0638. The van der Waals surface area contributed by atoms with Crippen molar-refractivity contribution in [2.75, 3.05) is 0 Å². The van der Waals surface area contributed by atoms with Crippen LogP contribution in [0.5, 0.6) is 0 Å². The zero-order valence-electron chi connectivity index (χ0n) is 26.2. The summed E-state index contributed by atoms with van der Waals surface area (Å²) in [4.78, 5) is 0. The lowest BCUT2D eigenvalue weighted by atomic mass is 9.58. The van der Waals surface area contributed by atoms with Gasteiger partial charge < -0.3 is 0 Å². The van der Waals surface area contributed by atoms with Gasteiger partial charge in [-0.3, -0.25) is 0 Å². The average Bonchev–Trinajstić information content (AvgIpc) is 3.43. The largest absolute Gasteiger partial charge is 0.0719 e. The molecule has 0 saturated heterocycles. The van der Waals surface area contributed by atoms with Gasteiger partial charge in [0.1, 0.15) is 0 Å². The van der Waals surface area contributed by atoms with Crippen molar-refractivity contribution in [2.45, 2.75) is 17.8 Å². The van der Waals surface area contributed by atoms with Crippen LogP contribution in [0.1, 0.15) is 50.1 Å². The Balaban J connectivity index is 1.56. The molecule has 0 spiro atoms. The minimum absolute atomic E-state index is 0.485. The maximum absolute atomic E-state index is 2.52. The molecule has 8 aromatic rings. The molecular formula is C47H32. The van der Waals surface area contributed by atoms with E-state index in [4.69, 9.17) is 0 Å². The predicted molar refractivity (Wildman–Crippen MR) is 195 cm³/mol. The summed E-state index contributed by atoms with van der Waals surface area (Å²) in [6, 6.07) is 66.1.